The van der Waals surface area contributed by atoms with Gasteiger partial charge in [-0.25, -0.2) is 0 Å². The zero-order valence-corrected chi connectivity index (χ0v) is 16.6. The van der Waals surface area contributed by atoms with Crippen LogP contribution in [-0.4, -0.2) is 0 Å². The molecule has 3 aromatic carbocycles. The Kier molecular flexibility index (Phi) is 12.4. The third kappa shape index (κ3) is 6.02. The lowest BCUT2D eigenvalue weighted by Gasteiger charge is -2.15. The van der Waals surface area contributed by atoms with E-state index in [9.17, 15) is 0 Å². The third-order valence-electron chi connectivity index (χ3n) is 5.03. The number of fused-ring (bicyclic) bond motifs is 1. The summed E-state index contributed by atoms with van der Waals surface area (Å²) in [6.07, 6.45) is 0. The van der Waals surface area contributed by atoms with Crippen molar-refractivity contribution in [2.75, 3.05) is 0 Å². The zero-order chi connectivity index (χ0) is 18.3. The van der Waals surface area contributed by atoms with Gasteiger partial charge in [0, 0.05) is 0 Å². The molecule has 0 fully saturated rings. The fourth-order valence-electron chi connectivity index (χ4n) is 2.82. The van der Waals surface area contributed by atoms with Crippen LogP contribution in [-0.2, 0) is 0 Å². The molecule has 0 N–H and O–H groups in total. The molecule has 0 atom stereocenters. The second-order valence-corrected chi connectivity index (χ2v) is 6.10. The summed E-state index contributed by atoms with van der Waals surface area (Å²) in [5.41, 5.74) is 8.73. The Bertz CT molecular complexity index is 624. The topological polar surface area (TPSA) is 0 Å². The summed E-state index contributed by atoms with van der Waals surface area (Å²) in [7, 11) is 0. The number of hydrogen-bond donors (Lipinski definition) is 0. The van der Waals surface area contributed by atoms with Gasteiger partial charge in [-0.2, -0.15) is 0 Å². The van der Waals surface area contributed by atoms with E-state index in [1.165, 1.54) is 44.2 Å². The molecule has 0 heterocycles. The summed E-state index contributed by atoms with van der Waals surface area (Å²) in [5, 5.41) is 2.62. The van der Waals surface area contributed by atoms with Crippen LogP contribution in [0, 0.1) is 41.5 Å². The minimum atomic E-state index is 0. The molecule has 0 saturated carbocycles. The standard InChI is InChI=1S/C12H18.C10H8.C2H6.2CH4/c1-7-8(2)10(4)12(6)11(5)9(7)3;1-2-6-10-8-4-3-7-9(10)5-1;1-2;;/h1-6H3;1-8H;1-2H3;2*1H4. The van der Waals surface area contributed by atoms with Gasteiger partial charge in [0.1, 0.15) is 0 Å². The highest BCUT2D eigenvalue weighted by atomic mass is 14.1. The molecule has 0 aliphatic rings. The summed E-state index contributed by atoms with van der Waals surface area (Å²) in [6, 6.07) is 16.7. The molecule has 0 radical (unpaired) electrons. The molecule has 0 aliphatic carbocycles. The van der Waals surface area contributed by atoms with E-state index < -0.39 is 0 Å². The van der Waals surface area contributed by atoms with Crippen LogP contribution < -0.4 is 0 Å². The Morgan fingerprint density at radius 1 is 0.385 bits per heavy atom. The average Bonchev–Trinajstić information content (AvgIpc) is 2.65. The molecule has 3 rings (SSSR count). The van der Waals surface area contributed by atoms with Crippen molar-refractivity contribution in [2.24, 2.45) is 0 Å². The SMILES string of the molecule is C.C.CC.Cc1c(C)c(C)c(C)c(C)c1C.c1ccc2ccccc2c1. The normalized spacial score (nSPS) is 8.92. The Labute approximate surface area is 163 Å². The van der Waals surface area contributed by atoms with Crippen LogP contribution in [0.3, 0.4) is 0 Å². The number of benzene rings is 3. The Morgan fingerprint density at radius 3 is 0.692 bits per heavy atom. The maximum Gasteiger partial charge on any atom is -0.0184 e. The predicted octanol–water partition coefficient (Wildman–Crippen LogP) is 8.68. The van der Waals surface area contributed by atoms with Gasteiger partial charge in [-0.15, -0.1) is 0 Å². The van der Waals surface area contributed by atoms with Crippen molar-refractivity contribution in [2.45, 2.75) is 70.2 Å². The van der Waals surface area contributed by atoms with Crippen LogP contribution in [0.15, 0.2) is 48.5 Å². The van der Waals surface area contributed by atoms with Crippen LogP contribution >= 0.6 is 0 Å². The van der Waals surface area contributed by atoms with Crippen LogP contribution in [0.5, 0.6) is 0 Å². The fraction of sp³-hybridized carbons (Fsp3) is 0.385. The van der Waals surface area contributed by atoms with Crippen molar-refractivity contribution in [3.63, 3.8) is 0 Å². The summed E-state index contributed by atoms with van der Waals surface area (Å²) >= 11 is 0. The van der Waals surface area contributed by atoms with Crippen LogP contribution in [0.4, 0.5) is 0 Å². The van der Waals surface area contributed by atoms with E-state index in [1.807, 2.05) is 13.8 Å². The van der Waals surface area contributed by atoms with E-state index in [-0.39, 0.29) is 14.9 Å². The van der Waals surface area contributed by atoms with Crippen molar-refractivity contribution in [1.29, 1.82) is 0 Å². The molecule has 0 saturated heterocycles. The zero-order valence-electron chi connectivity index (χ0n) is 16.6. The van der Waals surface area contributed by atoms with Gasteiger partial charge < -0.3 is 0 Å². The lowest BCUT2D eigenvalue weighted by atomic mass is 9.90. The van der Waals surface area contributed by atoms with E-state index in [0.29, 0.717) is 0 Å². The molecule has 3 aromatic rings. The average molecular weight is 353 g/mol. The van der Waals surface area contributed by atoms with Gasteiger partial charge in [0.15, 0.2) is 0 Å². The van der Waals surface area contributed by atoms with Gasteiger partial charge >= 0.3 is 0 Å². The minimum Gasteiger partial charge on any atom is -0.0776 e. The summed E-state index contributed by atoms with van der Waals surface area (Å²) in [5.74, 6) is 0. The van der Waals surface area contributed by atoms with Gasteiger partial charge in [0.25, 0.3) is 0 Å². The van der Waals surface area contributed by atoms with E-state index in [0.717, 1.165) is 0 Å². The maximum absolute atomic E-state index is 2.21. The molecule has 0 nitrogen and oxygen atoms in total. The number of rotatable bonds is 0. The monoisotopic (exact) mass is 352 g/mol. The summed E-state index contributed by atoms with van der Waals surface area (Å²) in [4.78, 5) is 0. The van der Waals surface area contributed by atoms with Crippen LogP contribution in [0.25, 0.3) is 10.8 Å². The minimum absolute atomic E-state index is 0. The second-order valence-electron chi connectivity index (χ2n) is 6.10. The van der Waals surface area contributed by atoms with Gasteiger partial charge in [-0.1, -0.05) is 77.2 Å². The first kappa shape index (κ1) is 26.2. The Hall–Kier alpha value is -2.08. The quantitative estimate of drug-likeness (QED) is 0.379. The molecular formula is C26H40. The highest BCUT2D eigenvalue weighted by Crippen LogP contribution is 2.24. The van der Waals surface area contributed by atoms with E-state index >= 15 is 0 Å². The third-order valence-corrected chi connectivity index (χ3v) is 5.03. The van der Waals surface area contributed by atoms with Gasteiger partial charge in [-0.3, -0.25) is 0 Å². The predicted molar refractivity (Wildman–Crippen MR) is 124 cm³/mol. The fourth-order valence-corrected chi connectivity index (χ4v) is 2.82. The molecular weight excluding hydrogens is 312 g/mol. The summed E-state index contributed by atoms with van der Waals surface area (Å²) in [6.45, 7) is 17.3. The Morgan fingerprint density at radius 2 is 0.538 bits per heavy atom. The highest BCUT2D eigenvalue weighted by Gasteiger charge is 2.07. The first-order valence-corrected chi connectivity index (χ1v) is 8.90. The molecule has 0 unspecified atom stereocenters. The van der Waals surface area contributed by atoms with Crippen molar-refractivity contribution < 1.29 is 0 Å². The molecule has 0 aromatic heterocycles. The molecule has 144 valence electrons. The molecule has 0 spiro atoms. The summed E-state index contributed by atoms with van der Waals surface area (Å²) < 4.78 is 0. The van der Waals surface area contributed by atoms with Crippen molar-refractivity contribution in [3.05, 3.63) is 81.9 Å². The lowest BCUT2D eigenvalue weighted by molar-refractivity contribution is 1.13. The van der Waals surface area contributed by atoms with Crippen LogP contribution in [0.2, 0.25) is 0 Å². The largest absolute Gasteiger partial charge is 0.0776 e. The Balaban J connectivity index is 0. The molecule has 26 heavy (non-hydrogen) atoms. The molecule has 0 heteroatoms. The first-order chi connectivity index (χ1) is 11.4. The van der Waals surface area contributed by atoms with Gasteiger partial charge in [-0.05, 0) is 85.7 Å². The lowest BCUT2D eigenvalue weighted by Crippen LogP contribution is -1.98. The van der Waals surface area contributed by atoms with E-state index in [4.69, 9.17) is 0 Å². The van der Waals surface area contributed by atoms with E-state index in [1.54, 1.807) is 0 Å². The molecule has 0 amide bonds. The molecule has 0 bridgehead atoms. The highest BCUT2D eigenvalue weighted by molar-refractivity contribution is 5.82. The smallest absolute Gasteiger partial charge is 0.0184 e. The van der Waals surface area contributed by atoms with Gasteiger partial charge in [0.05, 0.1) is 0 Å². The second kappa shape index (κ2) is 12.3. The first-order valence-electron chi connectivity index (χ1n) is 8.90. The molecule has 0 aliphatic heterocycles. The number of hydrogen-bond acceptors (Lipinski definition) is 0. The van der Waals surface area contributed by atoms with Crippen molar-refractivity contribution in [1.82, 2.24) is 0 Å². The van der Waals surface area contributed by atoms with Crippen LogP contribution in [0.1, 0.15) is 62.1 Å². The van der Waals surface area contributed by atoms with Crippen molar-refractivity contribution >= 4 is 10.8 Å². The van der Waals surface area contributed by atoms with Gasteiger partial charge in [0.2, 0.25) is 0 Å². The van der Waals surface area contributed by atoms with Crippen molar-refractivity contribution in [3.8, 4) is 0 Å². The maximum atomic E-state index is 2.21. The van der Waals surface area contributed by atoms with E-state index in [2.05, 4.69) is 90.1 Å².